The maximum absolute atomic E-state index is 13.0. The van der Waals surface area contributed by atoms with Gasteiger partial charge in [0.15, 0.2) is 20.2 Å². The van der Waals surface area contributed by atoms with Gasteiger partial charge in [-0.1, -0.05) is 51.1 Å². The first-order valence-electron chi connectivity index (χ1n) is 13.6. The summed E-state index contributed by atoms with van der Waals surface area (Å²) in [6, 6.07) is 9.02. The number of ether oxygens (including phenoxy) is 5. The highest BCUT2D eigenvalue weighted by Gasteiger charge is 2.50. The molecule has 0 aliphatic carbocycles. The molecule has 1 N–H and O–H groups in total. The Hall–Kier alpha value is -1.98. The highest BCUT2D eigenvalue weighted by molar-refractivity contribution is 6.74. The van der Waals surface area contributed by atoms with Crippen molar-refractivity contribution in [2.45, 2.75) is 123 Å². The fourth-order valence-corrected chi connectivity index (χ4v) is 5.21. The average molecular weight is 568 g/mol. The van der Waals surface area contributed by atoms with Gasteiger partial charge in [0.05, 0.1) is 25.9 Å². The van der Waals surface area contributed by atoms with Gasteiger partial charge in [-0.2, -0.15) is 0 Å². The topological polar surface area (TPSA) is 102 Å². The van der Waals surface area contributed by atoms with Gasteiger partial charge in [-0.25, -0.2) is 4.79 Å². The zero-order chi connectivity index (χ0) is 29.6. The molecule has 9 nitrogen and oxygen atoms in total. The van der Waals surface area contributed by atoms with Crippen LogP contribution in [-0.4, -0.2) is 69.3 Å². The van der Waals surface area contributed by atoms with Gasteiger partial charge in [-0.05, 0) is 58.3 Å². The average Bonchev–Trinajstić information content (AvgIpc) is 3.13. The third-order valence-electron chi connectivity index (χ3n) is 6.77. The first-order valence-corrected chi connectivity index (χ1v) is 16.5. The van der Waals surface area contributed by atoms with Crippen LogP contribution in [0, 0.1) is 0 Å². The summed E-state index contributed by atoms with van der Waals surface area (Å²) >= 11 is 0. The lowest BCUT2D eigenvalue weighted by atomic mass is 10.0. The van der Waals surface area contributed by atoms with Crippen molar-refractivity contribution in [1.29, 1.82) is 0 Å². The summed E-state index contributed by atoms with van der Waals surface area (Å²) < 4.78 is 36.5. The van der Waals surface area contributed by atoms with Crippen molar-refractivity contribution < 1.29 is 37.7 Å². The number of hydrogen-bond acceptors (Lipinski definition) is 8. The number of hydrogen-bond donors (Lipinski definition) is 1. The zero-order valence-electron chi connectivity index (χ0n) is 25.6. The summed E-state index contributed by atoms with van der Waals surface area (Å²) in [5, 5.41) is 2.79. The molecule has 0 radical (unpaired) electrons. The largest absolute Gasteiger partial charge is 0.457 e. The van der Waals surface area contributed by atoms with E-state index in [-0.39, 0.29) is 18.3 Å². The minimum absolute atomic E-state index is 0.0855. The zero-order valence-corrected chi connectivity index (χ0v) is 26.6. The molecule has 222 valence electrons. The van der Waals surface area contributed by atoms with Crippen LogP contribution in [0.4, 0.5) is 4.79 Å². The fourth-order valence-electron chi connectivity index (χ4n) is 3.87. The van der Waals surface area contributed by atoms with E-state index in [0.717, 1.165) is 5.56 Å². The molecule has 1 amide bonds. The van der Waals surface area contributed by atoms with E-state index in [1.165, 1.54) is 6.92 Å². The monoisotopic (exact) mass is 567 g/mol. The summed E-state index contributed by atoms with van der Waals surface area (Å²) in [6.45, 7) is 21.5. The molecule has 1 heterocycles. The molecule has 0 aromatic heterocycles. The lowest BCUT2D eigenvalue weighted by molar-refractivity contribution is -0.182. The summed E-state index contributed by atoms with van der Waals surface area (Å²) in [6.07, 6.45) is -2.92. The van der Waals surface area contributed by atoms with E-state index in [9.17, 15) is 9.59 Å². The van der Waals surface area contributed by atoms with Gasteiger partial charge in [0.25, 0.3) is 0 Å². The van der Waals surface area contributed by atoms with Gasteiger partial charge >= 0.3 is 12.1 Å². The fraction of sp³-hybridized carbons (Fsp3) is 0.724. The van der Waals surface area contributed by atoms with Crippen LogP contribution in [0.25, 0.3) is 0 Å². The maximum Gasteiger partial charge on any atom is 0.408 e. The molecule has 10 heteroatoms. The number of alkyl carbamates (subject to hydrolysis) is 1. The highest BCUT2D eigenvalue weighted by atomic mass is 28.4. The molecule has 0 spiro atoms. The second kappa shape index (κ2) is 13.1. The molecule has 39 heavy (non-hydrogen) atoms. The number of esters is 1. The normalized spacial score (nSPS) is 20.1. The Kier molecular flexibility index (Phi) is 11.2. The summed E-state index contributed by atoms with van der Waals surface area (Å²) in [4.78, 5) is 25.4. The molecule has 0 saturated carbocycles. The van der Waals surface area contributed by atoms with Gasteiger partial charge in [-0.3, -0.25) is 4.79 Å². The predicted molar refractivity (Wildman–Crippen MR) is 152 cm³/mol. The smallest absolute Gasteiger partial charge is 0.408 e. The van der Waals surface area contributed by atoms with Crippen molar-refractivity contribution in [1.82, 2.24) is 5.32 Å². The van der Waals surface area contributed by atoms with E-state index in [4.69, 9.17) is 28.1 Å². The van der Waals surface area contributed by atoms with Crippen LogP contribution in [0.1, 0.15) is 67.9 Å². The van der Waals surface area contributed by atoms with E-state index in [1.807, 2.05) is 30.3 Å². The number of carbonyl (C=O) groups is 2. The van der Waals surface area contributed by atoms with Crippen molar-refractivity contribution in [3.8, 4) is 0 Å². The molecule has 1 aromatic rings. The lowest BCUT2D eigenvalue weighted by Gasteiger charge is -2.44. The van der Waals surface area contributed by atoms with E-state index in [0.29, 0.717) is 6.61 Å². The SMILES string of the molecule is CC(=O)O[C@@H]([C@@H](O[Si](C)(C)C(C)(C)C)[C@H](COCc1ccccc1)NC(=O)OC(C)(C)C)[C@@H]1COC(C)(C)O1. The Morgan fingerprint density at radius 3 is 2.21 bits per heavy atom. The summed E-state index contributed by atoms with van der Waals surface area (Å²) in [5.74, 6) is -1.35. The number of benzene rings is 1. The molecule has 1 aliphatic rings. The molecular weight excluding hydrogens is 518 g/mol. The highest BCUT2D eigenvalue weighted by Crippen LogP contribution is 2.39. The van der Waals surface area contributed by atoms with Gasteiger partial charge in [-0.15, -0.1) is 0 Å². The molecule has 0 bridgehead atoms. The quantitative estimate of drug-likeness (QED) is 0.274. The molecule has 2 rings (SSSR count). The van der Waals surface area contributed by atoms with Crippen LogP contribution in [-0.2, 0) is 39.5 Å². The van der Waals surface area contributed by atoms with Crippen LogP contribution >= 0.6 is 0 Å². The number of rotatable bonds is 11. The third kappa shape index (κ3) is 10.8. The minimum atomic E-state index is -2.47. The molecule has 0 unspecified atom stereocenters. The Morgan fingerprint density at radius 1 is 1.10 bits per heavy atom. The van der Waals surface area contributed by atoms with Gasteiger partial charge in [0.1, 0.15) is 17.8 Å². The Morgan fingerprint density at radius 2 is 1.72 bits per heavy atom. The van der Waals surface area contributed by atoms with Crippen molar-refractivity contribution in [2.24, 2.45) is 0 Å². The van der Waals surface area contributed by atoms with E-state index in [1.54, 1.807) is 34.6 Å². The van der Waals surface area contributed by atoms with Crippen molar-refractivity contribution >= 4 is 20.4 Å². The predicted octanol–water partition coefficient (Wildman–Crippen LogP) is 5.57. The molecule has 1 aromatic carbocycles. The molecular formula is C29H49NO8Si. The summed E-state index contributed by atoms with van der Waals surface area (Å²) in [7, 11) is -2.47. The van der Waals surface area contributed by atoms with Gasteiger partial charge < -0.3 is 33.4 Å². The Labute approximate surface area is 235 Å². The van der Waals surface area contributed by atoms with E-state index < -0.39 is 56.1 Å². The second-order valence-electron chi connectivity index (χ2n) is 13.0. The van der Waals surface area contributed by atoms with Crippen molar-refractivity contribution in [2.75, 3.05) is 13.2 Å². The van der Waals surface area contributed by atoms with Crippen LogP contribution in [0.3, 0.4) is 0 Å². The number of amides is 1. The number of nitrogens with one attached hydrogen (secondary N) is 1. The first kappa shape index (κ1) is 33.2. The molecule has 1 aliphatic heterocycles. The third-order valence-corrected chi connectivity index (χ3v) is 11.2. The molecule has 1 saturated heterocycles. The van der Waals surface area contributed by atoms with Crippen molar-refractivity contribution in [3.63, 3.8) is 0 Å². The van der Waals surface area contributed by atoms with Crippen LogP contribution in [0.2, 0.25) is 18.1 Å². The van der Waals surface area contributed by atoms with Crippen LogP contribution in [0.5, 0.6) is 0 Å². The second-order valence-corrected chi connectivity index (χ2v) is 17.8. The van der Waals surface area contributed by atoms with Gasteiger partial charge in [0, 0.05) is 6.92 Å². The van der Waals surface area contributed by atoms with Gasteiger partial charge in [0.2, 0.25) is 0 Å². The minimum Gasteiger partial charge on any atom is -0.457 e. The Bertz CT molecular complexity index is 939. The van der Waals surface area contributed by atoms with Crippen molar-refractivity contribution in [3.05, 3.63) is 35.9 Å². The van der Waals surface area contributed by atoms with E-state index >= 15 is 0 Å². The first-order chi connectivity index (χ1) is 17.8. The Balaban J connectivity index is 2.49. The number of carbonyl (C=O) groups excluding carboxylic acids is 2. The van der Waals surface area contributed by atoms with Crippen LogP contribution < -0.4 is 5.32 Å². The maximum atomic E-state index is 13.0. The molecule has 1 fully saturated rings. The molecule has 4 atom stereocenters. The van der Waals surface area contributed by atoms with Crippen LogP contribution in [0.15, 0.2) is 30.3 Å². The lowest BCUT2D eigenvalue weighted by Crippen LogP contribution is -2.61. The van der Waals surface area contributed by atoms with E-state index in [2.05, 4.69) is 39.2 Å². The summed E-state index contributed by atoms with van der Waals surface area (Å²) in [5.41, 5.74) is 0.276. The standard InChI is InChI=1S/C29H49NO8Si/c1-20(31)35-25(23-19-34-29(8,9)36-23)24(38-39(10,11)28(5,6)7)22(30-26(32)37-27(2,3)4)18-33-17-21-15-13-12-14-16-21/h12-16,22-25H,17-19H2,1-11H3,(H,30,32)/t22-,23-,24-,25+/m0/s1.